The second-order valence-electron chi connectivity index (χ2n) is 4.03. The van der Waals surface area contributed by atoms with Gasteiger partial charge in [-0.3, -0.25) is 19.7 Å². The first-order valence-corrected chi connectivity index (χ1v) is 5.81. The van der Waals surface area contributed by atoms with Crippen LogP contribution in [0.1, 0.15) is 41.4 Å². The quantitative estimate of drug-likeness (QED) is 0.646. The van der Waals surface area contributed by atoms with Crippen LogP contribution in [0.15, 0.2) is 4.42 Å². The molecule has 7 heteroatoms. The van der Waals surface area contributed by atoms with Crippen molar-refractivity contribution < 1.29 is 23.5 Å². The van der Waals surface area contributed by atoms with E-state index in [9.17, 15) is 14.4 Å². The van der Waals surface area contributed by atoms with E-state index in [1.54, 1.807) is 0 Å². The third-order valence-electron chi connectivity index (χ3n) is 2.58. The SMILES string of the molecule is COC(=O)CCC(=O)Nc1oc(C)c(C(C)=O)c1C#N. The second-order valence-corrected chi connectivity index (χ2v) is 4.03. The van der Waals surface area contributed by atoms with Crippen molar-refractivity contribution in [1.82, 2.24) is 0 Å². The fourth-order valence-electron chi connectivity index (χ4n) is 1.67. The Morgan fingerprint density at radius 3 is 2.50 bits per heavy atom. The molecule has 0 aromatic carbocycles. The number of nitriles is 1. The molecule has 0 unspecified atom stereocenters. The summed E-state index contributed by atoms with van der Waals surface area (Å²) in [5.41, 5.74) is 0.136. The molecule has 0 aliphatic rings. The van der Waals surface area contributed by atoms with Crippen molar-refractivity contribution in [3.63, 3.8) is 0 Å². The summed E-state index contributed by atoms with van der Waals surface area (Å²) in [5.74, 6) is -1.16. The van der Waals surface area contributed by atoms with Gasteiger partial charge in [-0.25, -0.2) is 0 Å². The molecule has 0 saturated heterocycles. The number of ketones is 1. The first-order chi connectivity index (χ1) is 9.40. The molecule has 0 radical (unpaired) electrons. The monoisotopic (exact) mass is 278 g/mol. The second kappa shape index (κ2) is 6.52. The third kappa shape index (κ3) is 3.45. The van der Waals surface area contributed by atoms with E-state index in [0.717, 1.165) is 0 Å². The number of nitrogens with zero attached hydrogens (tertiary/aromatic N) is 1. The van der Waals surface area contributed by atoms with Crippen molar-refractivity contribution in [2.45, 2.75) is 26.7 Å². The molecule has 0 spiro atoms. The number of nitrogens with one attached hydrogen (secondary N) is 1. The maximum absolute atomic E-state index is 11.6. The standard InChI is InChI=1S/C13H14N2O5/c1-7(16)12-8(2)20-13(9(12)6-14)15-10(17)4-5-11(18)19-3/h4-5H2,1-3H3,(H,15,17). The minimum absolute atomic E-state index is 0.0126. The van der Waals surface area contributed by atoms with Crippen LogP contribution in [0.4, 0.5) is 5.88 Å². The summed E-state index contributed by atoms with van der Waals surface area (Å²) in [7, 11) is 1.23. The highest BCUT2D eigenvalue weighted by Crippen LogP contribution is 2.26. The van der Waals surface area contributed by atoms with E-state index in [1.165, 1.54) is 21.0 Å². The average Bonchev–Trinajstić information content (AvgIpc) is 2.71. The maximum atomic E-state index is 11.6. The largest absolute Gasteiger partial charge is 0.469 e. The number of rotatable bonds is 5. The van der Waals surface area contributed by atoms with Crippen LogP contribution in [0.3, 0.4) is 0 Å². The molecule has 0 aliphatic carbocycles. The number of amides is 1. The summed E-state index contributed by atoms with van der Waals surface area (Å²) < 4.78 is 9.62. The Balaban J connectivity index is 2.86. The number of furan rings is 1. The lowest BCUT2D eigenvalue weighted by Gasteiger charge is -2.01. The summed E-state index contributed by atoms with van der Waals surface area (Å²) in [5, 5.41) is 11.4. The number of Topliss-reactive ketones (excluding diaryl/α,β-unsaturated/α-hetero) is 1. The van der Waals surface area contributed by atoms with Gasteiger partial charge in [0.1, 0.15) is 17.4 Å². The first kappa shape index (κ1) is 15.4. The van der Waals surface area contributed by atoms with Gasteiger partial charge in [0.15, 0.2) is 5.78 Å². The van der Waals surface area contributed by atoms with Gasteiger partial charge in [-0.05, 0) is 13.8 Å². The van der Waals surface area contributed by atoms with E-state index in [-0.39, 0.29) is 41.4 Å². The van der Waals surface area contributed by atoms with E-state index in [1.807, 2.05) is 6.07 Å². The van der Waals surface area contributed by atoms with E-state index >= 15 is 0 Å². The van der Waals surface area contributed by atoms with Crippen LogP contribution in [-0.2, 0) is 14.3 Å². The topological polar surface area (TPSA) is 109 Å². The molecule has 1 aromatic rings. The normalized spacial score (nSPS) is 9.70. The van der Waals surface area contributed by atoms with Crippen molar-refractivity contribution in [3.8, 4) is 6.07 Å². The highest BCUT2D eigenvalue weighted by atomic mass is 16.5. The Kier molecular flexibility index (Phi) is 5.03. The molecule has 1 N–H and O–H groups in total. The Morgan fingerprint density at radius 2 is 2.00 bits per heavy atom. The van der Waals surface area contributed by atoms with E-state index in [0.29, 0.717) is 0 Å². The van der Waals surface area contributed by atoms with Crippen molar-refractivity contribution >= 4 is 23.5 Å². The highest BCUT2D eigenvalue weighted by Gasteiger charge is 2.22. The molecule has 1 rings (SSSR count). The van der Waals surface area contributed by atoms with Crippen molar-refractivity contribution in [1.29, 1.82) is 5.26 Å². The lowest BCUT2D eigenvalue weighted by atomic mass is 10.1. The fraction of sp³-hybridized carbons (Fsp3) is 0.385. The van der Waals surface area contributed by atoms with Gasteiger partial charge in [0.25, 0.3) is 0 Å². The summed E-state index contributed by atoms with van der Waals surface area (Å²) in [6, 6.07) is 1.83. The summed E-state index contributed by atoms with van der Waals surface area (Å²) >= 11 is 0. The summed E-state index contributed by atoms with van der Waals surface area (Å²) in [4.78, 5) is 33.9. The van der Waals surface area contributed by atoms with Gasteiger partial charge in [-0.15, -0.1) is 0 Å². The van der Waals surface area contributed by atoms with Gasteiger partial charge < -0.3 is 9.15 Å². The Bertz CT molecular complexity index is 595. The number of hydrogen-bond acceptors (Lipinski definition) is 6. The Morgan fingerprint density at radius 1 is 1.35 bits per heavy atom. The van der Waals surface area contributed by atoms with Crippen LogP contribution in [0.2, 0.25) is 0 Å². The van der Waals surface area contributed by atoms with Crippen molar-refractivity contribution in [2.75, 3.05) is 12.4 Å². The molecule has 7 nitrogen and oxygen atoms in total. The summed E-state index contributed by atoms with van der Waals surface area (Å²) in [6.45, 7) is 2.84. The first-order valence-electron chi connectivity index (χ1n) is 5.81. The maximum Gasteiger partial charge on any atom is 0.306 e. The fourth-order valence-corrected chi connectivity index (χ4v) is 1.67. The molecule has 0 bridgehead atoms. The van der Waals surface area contributed by atoms with Gasteiger partial charge in [-0.1, -0.05) is 0 Å². The molecule has 0 aliphatic heterocycles. The molecule has 0 atom stereocenters. The van der Waals surface area contributed by atoms with E-state index < -0.39 is 11.9 Å². The van der Waals surface area contributed by atoms with Gasteiger partial charge in [-0.2, -0.15) is 5.26 Å². The number of carbonyl (C=O) groups is 3. The molecule has 1 amide bonds. The zero-order chi connectivity index (χ0) is 15.3. The van der Waals surface area contributed by atoms with Crippen molar-refractivity contribution in [2.24, 2.45) is 0 Å². The van der Waals surface area contributed by atoms with Gasteiger partial charge >= 0.3 is 5.97 Å². The van der Waals surface area contributed by atoms with Crippen LogP contribution in [-0.4, -0.2) is 24.8 Å². The number of esters is 1. The predicted octanol–water partition coefficient (Wildman–Crippen LogP) is 1.55. The van der Waals surface area contributed by atoms with Crippen LogP contribution in [0.5, 0.6) is 0 Å². The van der Waals surface area contributed by atoms with Gasteiger partial charge in [0.2, 0.25) is 11.8 Å². The number of methoxy groups -OCH3 is 1. The Labute approximate surface area is 115 Å². The number of carbonyl (C=O) groups excluding carboxylic acids is 3. The number of hydrogen-bond donors (Lipinski definition) is 1. The van der Waals surface area contributed by atoms with E-state index in [2.05, 4.69) is 10.1 Å². The zero-order valence-corrected chi connectivity index (χ0v) is 11.4. The lowest BCUT2D eigenvalue weighted by Crippen LogP contribution is -2.14. The van der Waals surface area contributed by atoms with Crippen LogP contribution in [0, 0.1) is 18.3 Å². The molecule has 0 fully saturated rings. The van der Waals surface area contributed by atoms with E-state index in [4.69, 9.17) is 9.68 Å². The lowest BCUT2D eigenvalue weighted by molar-refractivity contribution is -0.141. The number of aryl methyl sites for hydroxylation is 1. The molecule has 1 aromatic heterocycles. The molecule has 106 valence electrons. The molecular weight excluding hydrogens is 264 g/mol. The molecular formula is C13H14N2O5. The van der Waals surface area contributed by atoms with Crippen molar-refractivity contribution in [3.05, 3.63) is 16.9 Å². The molecule has 0 saturated carbocycles. The van der Waals surface area contributed by atoms with Gasteiger partial charge in [0.05, 0.1) is 19.1 Å². The Hall–Kier alpha value is -2.62. The summed E-state index contributed by atoms with van der Waals surface area (Å²) in [6.07, 6.45) is -0.184. The molecule has 1 heterocycles. The molecule has 20 heavy (non-hydrogen) atoms. The van der Waals surface area contributed by atoms with Crippen LogP contribution in [0.25, 0.3) is 0 Å². The number of ether oxygens (including phenoxy) is 1. The smallest absolute Gasteiger partial charge is 0.306 e. The minimum atomic E-state index is -0.513. The minimum Gasteiger partial charge on any atom is -0.469 e. The van der Waals surface area contributed by atoms with Gasteiger partial charge in [0, 0.05) is 6.42 Å². The van der Waals surface area contributed by atoms with Crippen LogP contribution < -0.4 is 5.32 Å². The highest BCUT2D eigenvalue weighted by molar-refractivity contribution is 6.01. The third-order valence-corrected chi connectivity index (χ3v) is 2.58. The predicted molar refractivity (Wildman–Crippen MR) is 68.0 cm³/mol. The average molecular weight is 278 g/mol. The van der Waals surface area contributed by atoms with Crippen LogP contribution >= 0.6 is 0 Å². The number of anilines is 1. The zero-order valence-electron chi connectivity index (χ0n) is 11.4.